The summed E-state index contributed by atoms with van der Waals surface area (Å²) in [7, 11) is 0. The van der Waals surface area contributed by atoms with E-state index < -0.39 is 0 Å². The van der Waals surface area contributed by atoms with Crippen LogP contribution in [0.4, 0.5) is 0 Å². The summed E-state index contributed by atoms with van der Waals surface area (Å²) in [4.78, 5) is 11.6. The molecular formula is C11H11N3O2. The van der Waals surface area contributed by atoms with Gasteiger partial charge in [-0.2, -0.15) is 5.43 Å². The Morgan fingerprint density at radius 1 is 1.50 bits per heavy atom. The van der Waals surface area contributed by atoms with Crippen LogP contribution in [-0.4, -0.2) is 10.6 Å². The smallest absolute Gasteiger partial charge is 0.315 e. The molecule has 0 radical (unpaired) electrons. The molecule has 0 aliphatic heterocycles. The average molecular weight is 217 g/mol. The molecule has 0 atom stereocenters. The van der Waals surface area contributed by atoms with Gasteiger partial charge in [0.05, 0.1) is 11.6 Å². The fraction of sp³-hybridized carbons (Fsp3) is 0.273. The maximum atomic E-state index is 11.6. The Hall–Kier alpha value is -2.04. The molecule has 1 amide bonds. The lowest BCUT2D eigenvalue weighted by Crippen LogP contribution is -2.33. The minimum Gasteiger partial charge on any atom is -0.711 e. The van der Waals surface area contributed by atoms with Crippen molar-refractivity contribution in [2.45, 2.75) is 12.8 Å². The summed E-state index contributed by atoms with van der Waals surface area (Å²) in [5.74, 6) is 0.114. The van der Waals surface area contributed by atoms with Crippen LogP contribution in [-0.2, 0) is 4.79 Å². The zero-order valence-corrected chi connectivity index (χ0v) is 8.59. The highest BCUT2D eigenvalue weighted by atomic mass is 16.5. The van der Waals surface area contributed by atoms with Crippen LogP contribution in [0.2, 0.25) is 0 Å². The standard InChI is InChI=1S/C11H11N3O2/c15-10(8-3-4-8)12-13-7-5-9-2-1-6-14(16)11(9)13/h1-2,5-8H,3-4H2,(H,12,15). The van der Waals surface area contributed by atoms with Crippen LogP contribution in [0.1, 0.15) is 12.8 Å². The lowest BCUT2D eigenvalue weighted by Gasteiger charge is -2.05. The number of fused-ring (bicyclic) bond motifs is 1. The second-order valence-corrected chi connectivity index (χ2v) is 4.05. The number of hydrogen-bond acceptors (Lipinski definition) is 2. The van der Waals surface area contributed by atoms with E-state index in [1.807, 2.05) is 6.07 Å². The molecular weight excluding hydrogens is 206 g/mol. The average Bonchev–Trinajstić information content (AvgIpc) is 3.03. The predicted octanol–water partition coefficient (Wildman–Crippen LogP) is 0.755. The third-order valence-electron chi connectivity index (χ3n) is 2.77. The highest BCUT2D eigenvalue weighted by Gasteiger charge is 2.31. The molecule has 1 aliphatic rings. The highest BCUT2D eigenvalue weighted by molar-refractivity contribution is 5.89. The molecule has 3 rings (SSSR count). The van der Waals surface area contributed by atoms with Crippen LogP contribution in [0.3, 0.4) is 0 Å². The van der Waals surface area contributed by atoms with Crippen molar-refractivity contribution in [1.82, 2.24) is 4.68 Å². The molecule has 1 saturated carbocycles. The van der Waals surface area contributed by atoms with E-state index in [2.05, 4.69) is 5.43 Å². The van der Waals surface area contributed by atoms with Crippen molar-refractivity contribution < 1.29 is 9.52 Å². The van der Waals surface area contributed by atoms with E-state index in [4.69, 9.17) is 0 Å². The summed E-state index contributed by atoms with van der Waals surface area (Å²) in [6.45, 7) is 0. The van der Waals surface area contributed by atoms with Crippen molar-refractivity contribution in [3.63, 3.8) is 0 Å². The van der Waals surface area contributed by atoms with E-state index in [9.17, 15) is 10.0 Å². The van der Waals surface area contributed by atoms with Crippen LogP contribution in [0.5, 0.6) is 0 Å². The number of rotatable bonds is 2. The molecule has 82 valence electrons. The number of carbonyl (C=O) groups excluding carboxylic acids is 1. The lowest BCUT2D eigenvalue weighted by molar-refractivity contribution is -0.579. The number of amides is 1. The van der Waals surface area contributed by atoms with Gasteiger partial charge < -0.3 is 5.21 Å². The predicted molar refractivity (Wildman–Crippen MR) is 58.0 cm³/mol. The van der Waals surface area contributed by atoms with Gasteiger partial charge in [0, 0.05) is 5.92 Å². The monoisotopic (exact) mass is 217 g/mol. The van der Waals surface area contributed by atoms with Gasteiger partial charge in [0.25, 0.3) is 5.91 Å². The van der Waals surface area contributed by atoms with Gasteiger partial charge in [0.1, 0.15) is 6.20 Å². The maximum Gasteiger partial charge on any atom is 0.315 e. The van der Waals surface area contributed by atoms with Gasteiger partial charge in [-0.25, -0.2) is 4.73 Å². The Bertz CT molecular complexity index is 557. The van der Waals surface area contributed by atoms with Gasteiger partial charge in [-0.1, -0.05) is 0 Å². The second-order valence-electron chi connectivity index (χ2n) is 4.05. The Morgan fingerprint density at radius 2 is 2.31 bits per heavy atom. The van der Waals surface area contributed by atoms with Crippen molar-refractivity contribution in [3.8, 4) is 0 Å². The van der Waals surface area contributed by atoms with Crippen LogP contribution in [0.15, 0.2) is 30.6 Å². The molecule has 0 saturated heterocycles. The first-order valence-electron chi connectivity index (χ1n) is 5.26. The molecule has 2 aromatic rings. The zero-order valence-electron chi connectivity index (χ0n) is 8.59. The number of nitrogens with zero attached hydrogens (tertiary/aromatic N) is 2. The fourth-order valence-electron chi connectivity index (χ4n) is 1.74. The molecule has 1 aliphatic carbocycles. The van der Waals surface area contributed by atoms with Gasteiger partial charge in [0.15, 0.2) is 0 Å². The quantitative estimate of drug-likeness (QED) is 0.596. The van der Waals surface area contributed by atoms with Crippen LogP contribution >= 0.6 is 0 Å². The summed E-state index contributed by atoms with van der Waals surface area (Å²) in [6.07, 6.45) is 5.01. The number of hydrogen-bond donors (Lipinski definition) is 1. The first kappa shape index (κ1) is 9.21. The summed E-state index contributed by atoms with van der Waals surface area (Å²) in [5, 5.41) is 12.4. The first-order valence-corrected chi connectivity index (χ1v) is 5.26. The van der Waals surface area contributed by atoms with Crippen molar-refractivity contribution in [2.75, 3.05) is 5.43 Å². The Morgan fingerprint density at radius 3 is 3.06 bits per heavy atom. The number of carbonyl (C=O) groups is 1. The van der Waals surface area contributed by atoms with Gasteiger partial charge in [-0.3, -0.25) is 4.79 Å². The largest absolute Gasteiger partial charge is 0.711 e. The lowest BCUT2D eigenvalue weighted by atomic mass is 10.3. The van der Waals surface area contributed by atoms with Crippen LogP contribution < -0.4 is 10.2 Å². The Labute approximate surface area is 91.8 Å². The Balaban J connectivity index is 1.99. The van der Waals surface area contributed by atoms with Crippen molar-refractivity contribution in [2.24, 2.45) is 5.92 Å². The highest BCUT2D eigenvalue weighted by Crippen LogP contribution is 2.29. The van der Waals surface area contributed by atoms with Gasteiger partial charge in [-0.05, 0) is 31.0 Å². The van der Waals surface area contributed by atoms with E-state index >= 15 is 0 Å². The molecule has 5 nitrogen and oxygen atoms in total. The van der Waals surface area contributed by atoms with E-state index in [1.165, 1.54) is 10.9 Å². The normalized spacial score (nSPS) is 15.2. The first-order chi connectivity index (χ1) is 7.75. The summed E-state index contributed by atoms with van der Waals surface area (Å²) in [6, 6.07) is 5.32. The van der Waals surface area contributed by atoms with Gasteiger partial charge in [0.2, 0.25) is 0 Å². The minimum atomic E-state index is -0.0126. The summed E-state index contributed by atoms with van der Waals surface area (Å²) < 4.78 is 2.24. The minimum absolute atomic E-state index is 0.0126. The number of nitrogens with one attached hydrogen (secondary N) is 1. The maximum absolute atomic E-state index is 11.6. The summed E-state index contributed by atoms with van der Waals surface area (Å²) in [5.41, 5.74) is 3.18. The van der Waals surface area contributed by atoms with E-state index in [0.29, 0.717) is 5.65 Å². The molecule has 16 heavy (non-hydrogen) atoms. The molecule has 0 spiro atoms. The topological polar surface area (TPSA) is 61.0 Å². The van der Waals surface area contributed by atoms with Crippen LogP contribution in [0, 0.1) is 11.1 Å². The van der Waals surface area contributed by atoms with E-state index in [0.717, 1.165) is 23.0 Å². The third kappa shape index (κ3) is 1.41. The summed E-state index contributed by atoms with van der Waals surface area (Å²) >= 11 is 0. The number of aromatic nitrogens is 2. The van der Waals surface area contributed by atoms with Gasteiger partial charge in [-0.15, -0.1) is 4.68 Å². The molecule has 1 N–H and O–H groups in total. The van der Waals surface area contributed by atoms with Crippen molar-refractivity contribution in [1.29, 1.82) is 0 Å². The zero-order chi connectivity index (χ0) is 11.1. The molecule has 0 unspecified atom stereocenters. The fourth-order valence-corrected chi connectivity index (χ4v) is 1.74. The van der Waals surface area contributed by atoms with E-state index in [-0.39, 0.29) is 11.8 Å². The molecule has 0 bridgehead atoms. The van der Waals surface area contributed by atoms with E-state index in [1.54, 1.807) is 18.3 Å². The van der Waals surface area contributed by atoms with Crippen LogP contribution in [0.25, 0.3) is 11.0 Å². The Kier molecular flexibility index (Phi) is 1.86. The molecule has 2 heterocycles. The van der Waals surface area contributed by atoms with Crippen molar-refractivity contribution in [3.05, 3.63) is 35.8 Å². The molecule has 0 aromatic carbocycles. The second kappa shape index (κ2) is 3.23. The third-order valence-corrected chi connectivity index (χ3v) is 2.77. The molecule has 5 heteroatoms. The SMILES string of the molecule is O=C(Nn1ccc2ccc[n+]([O-])c21)C1CC1. The number of pyridine rings is 1. The van der Waals surface area contributed by atoms with Crippen molar-refractivity contribution >= 4 is 16.9 Å². The molecule has 1 fully saturated rings. The molecule has 2 aromatic heterocycles. The van der Waals surface area contributed by atoms with Gasteiger partial charge >= 0.3 is 5.65 Å².